The Hall–Kier alpha value is -2.04. The number of nitrogens with zero attached hydrogens (tertiary/aromatic N) is 2. The molecule has 1 aliphatic heterocycles. The molecule has 1 heterocycles. The molecule has 5 heteroatoms. The van der Waals surface area contributed by atoms with Crippen molar-refractivity contribution in [3.05, 3.63) is 29.8 Å². The minimum atomic E-state index is 0.171. The van der Waals surface area contributed by atoms with Crippen LogP contribution in [0.25, 0.3) is 0 Å². The van der Waals surface area contributed by atoms with Crippen molar-refractivity contribution in [3.8, 4) is 5.75 Å². The van der Waals surface area contributed by atoms with Crippen LogP contribution in [0.3, 0.4) is 0 Å². The lowest BCUT2D eigenvalue weighted by Crippen LogP contribution is -2.50. The van der Waals surface area contributed by atoms with Gasteiger partial charge in [-0.25, -0.2) is 0 Å². The highest BCUT2D eigenvalue weighted by atomic mass is 16.5. The summed E-state index contributed by atoms with van der Waals surface area (Å²) >= 11 is 0. The first-order chi connectivity index (χ1) is 13.7. The number of ether oxygens (including phenoxy) is 1. The largest absolute Gasteiger partial charge is 0.494 e. The van der Waals surface area contributed by atoms with E-state index in [1.807, 2.05) is 41.0 Å². The number of hydrogen-bond acceptors (Lipinski definition) is 3. The standard InChI is InChI=1S/C23H34N2O3/c1-2-28-21-10-6-5-9-20(21)12-14-23(27)25-17-15-24(16-18-25)22(26)13-11-19-7-3-4-8-19/h5-6,9-10,19H,2-4,7-8,11-18H2,1H3. The van der Waals surface area contributed by atoms with Gasteiger partial charge in [0.15, 0.2) is 0 Å². The number of carbonyl (C=O) groups is 2. The fourth-order valence-corrected chi connectivity index (χ4v) is 4.40. The lowest BCUT2D eigenvalue weighted by atomic mass is 10.0. The van der Waals surface area contributed by atoms with Crippen LogP contribution in [0.15, 0.2) is 24.3 Å². The summed E-state index contributed by atoms with van der Waals surface area (Å²) in [6.07, 6.45) is 8.13. The van der Waals surface area contributed by atoms with Gasteiger partial charge in [-0.3, -0.25) is 9.59 Å². The molecule has 1 saturated heterocycles. The van der Waals surface area contributed by atoms with Crippen molar-refractivity contribution >= 4 is 11.8 Å². The van der Waals surface area contributed by atoms with Gasteiger partial charge in [-0.05, 0) is 37.3 Å². The van der Waals surface area contributed by atoms with Crippen LogP contribution in [0.2, 0.25) is 0 Å². The molecule has 1 aromatic carbocycles. The third-order valence-corrected chi connectivity index (χ3v) is 6.11. The number of benzene rings is 1. The predicted molar refractivity (Wildman–Crippen MR) is 110 cm³/mol. The molecular formula is C23H34N2O3. The number of para-hydroxylation sites is 1. The molecule has 2 amide bonds. The Kier molecular flexibility index (Phi) is 7.75. The molecule has 2 aliphatic rings. The molecule has 154 valence electrons. The molecule has 0 bridgehead atoms. The van der Waals surface area contributed by atoms with Gasteiger partial charge in [-0.15, -0.1) is 0 Å². The number of carbonyl (C=O) groups excluding carboxylic acids is 2. The zero-order valence-electron chi connectivity index (χ0n) is 17.2. The molecule has 3 rings (SSSR count). The van der Waals surface area contributed by atoms with Crippen LogP contribution in [-0.2, 0) is 16.0 Å². The highest BCUT2D eigenvalue weighted by Gasteiger charge is 2.25. The van der Waals surface area contributed by atoms with Crippen molar-refractivity contribution in [3.63, 3.8) is 0 Å². The van der Waals surface area contributed by atoms with E-state index in [0.29, 0.717) is 52.0 Å². The maximum atomic E-state index is 12.6. The summed E-state index contributed by atoms with van der Waals surface area (Å²) in [5, 5.41) is 0. The van der Waals surface area contributed by atoms with Gasteiger partial charge in [0.2, 0.25) is 11.8 Å². The summed E-state index contributed by atoms with van der Waals surface area (Å²) in [5.41, 5.74) is 1.08. The first kappa shape index (κ1) is 20.7. The average molecular weight is 387 g/mol. The molecule has 0 radical (unpaired) electrons. The van der Waals surface area contributed by atoms with Gasteiger partial charge in [-0.2, -0.15) is 0 Å². The predicted octanol–water partition coefficient (Wildman–Crippen LogP) is 3.66. The molecule has 28 heavy (non-hydrogen) atoms. The minimum Gasteiger partial charge on any atom is -0.494 e. The third kappa shape index (κ3) is 5.73. The van der Waals surface area contributed by atoms with E-state index in [2.05, 4.69) is 0 Å². The number of aryl methyl sites for hydroxylation is 1. The Morgan fingerprint density at radius 2 is 1.57 bits per heavy atom. The van der Waals surface area contributed by atoms with Gasteiger partial charge in [0, 0.05) is 39.0 Å². The summed E-state index contributed by atoms with van der Waals surface area (Å²) < 4.78 is 5.65. The van der Waals surface area contributed by atoms with Crippen LogP contribution in [0.5, 0.6) is 5.75 Å². The molecule has 0 aromatic heterocycles. The second-order valence-electron chi connectivity index (χ2n) is 7.99. The topological polar surface area (TPSA) is 49.9 Å². The Morgan fingerprint density at radius 1 is 0.964 bits per heavy atom. The first-order valence-corrected chi connectivity index (χ1v) is 10.9. The highest BCUT2D eigenvalue weighted by Crippen LogP contribution is 2.28. The monoisotopic (exact) mass is 386 g/mol. The van der Waals surface area contributed by atoms with E-state index in [9.17, 15) is 9.59 Å². The Morgan fingerprint density at radius 3 is 2.21 bits per heavy atom. The van der Waals surface area contributed by atoms with Crippen LogP contribution >= 0.6 is 0 Å². The maximum absolute atomic E-state index is 12.6. The van der Waals surface area contributed by atoms with Crippen molar-refractivity contribution in [2.45, 2.75) is 58.3 Å². The van der Waals surface area contributed by atoms with Gasteiger partial charge >= 0.3 is 0 Å². The second-order valence-corrected chi connectivity index (χ2v) is 7.99. The molecule has 0 atom stereocenters. The van der Waals surface area contributed by atoms with E-state index in [-0.39, 0.29) is 11.8 Å². The molecule has 1 saturated carbocycles. The molecule has 2 fully saturated rings. The normalized spacial score (nSPS) is 17.8. The molecular weight excluding hydrogens is 352 g/mol. The van der Waals surface area contributed by atoms with Gasteiger partial charge in [0.1, 0.15) is 5.75 Å². The van der Waals surface area contributed by atoms with E-state index in [1.165, 1.54) is 25.7 Å². The zero-order valence-corrected chi connectivity index (χ0v) is 17.2. The Balaban J connectivity index is 1.39. The Labute approximate surface area is 169 Å². The molecule has 5 nitrogen and oxygen atoms in total. The summed E-state index contributed by atoms with van der Waals surface area (Å²) in [6.45, 7) is 5.25. The van der Waals surface area contributed by atoms with Crippen LogP contribution in [-0.4, -0.2) is 54.4 Å². The maximum Gasteiger partial charge on any atom is 0.223 e. The number of hydrogen-bond donors (Lipinski definition) is 0. The number of rotatable bonds is 8. The average Bonchev–Trinajstić information content (AvgIpc) is 3.25. The van der Waals surface area contributed by atoms with E-state index in [4.69, 9.17) is 4.74 Å². The van der Waals surface area contributed by atoms with Gasteiger partial charge in [-0.1, -0.05) is 43.9 Å². The number of amides is 2. The summed E-state index contributed by atoms with van der Waals surface area (Å²) in [5.74, 6) is 2.07. The molecule has 0 unspecified atom stereocenters. The van der Waals surface area contributed by atoms with Crippen molar-refractivity contribution in [1.82, 2.24) is 9.80 Å². The van der Waals surface area contributed by atoms with Gasteiger partial charge in [0.25, 0.3) is 0 Å². The van der Waals surface area contributed by atoms with Crippen LogP contribution in [0, 0.1) is 5.92 Å². The second kappa shape index (κ2) is 10.5. The quantitative estimate of drug-likeness (QED) is 0.685. The van der Waals surface area contributed by atoms with Crippen molar-refractivity contribution in [2.75, 3.05) is 32.8 Å². The number of piperazine rings is 1. The van der Waals surface area contributed by atoms with Crippen molar-refractivity contribution in [1.29, 1.82) is 0 Å². The van der Waals surface area contributed by atoms with E-state index < -0.39 is 0 Å². The van der Waals surface area contributed by atoms with Crippen LogP contribution in [0.4, 0.5) is 0 Å². The third-order valence-electron chi connectivity index (χ3n) is 6.11. The van der Waals surface area contributed by atoms with E-state index >= 15 is 0 Å². The zero-order chi connectivity index (χ0) is 19.8. The Bertz CT molecular complexity index is 647. The van der Waals surface area contributed by atoms with Crippen molar-refractivity contribution < 1.29 is 14.3 Å². The van der Waals surface area contributed by atoms with E-state index in [0.717, 1.165) is 23.7 Å². The fraction of sp³-hybridized carbons (Fsp3) is 0.652. The minimum absolute atomic E-state index is 0.171. The molecule has 0 spiro atoms. The van der Waals surface area contributed by atoms with E-state index in [1.54, 1.807) is 0 Å². The van der Waals surface area contributed by atoms with Gasteiger partial charge < -0.3 is 14.5 Å². The van der Waals surface area contributed by atoms with Crippen LogP contribution < -0.4 is 4.74 Å². The summed E-state index contributed by atoms with van der Waals surface area (Å²) in [4.78, 5) is 28.9. The molecule has 0 N–H and O–H groups in total. The van der Waals surface area contributed by atoms with Crippen molar-refractivity contribution in [2.24, 2.45) is 5.92 Å². The smallest absolute Gasteiger partial charge is 0.223 e. The SMILES string of the molecule is CCOc1ccccc1CCC(=O)N1CCN(C(=O)CCC2CCCC2)CC1. The molecule has 1 aliphatic carbocycles. The highest BCUT2D eigenvalue weighted by molar-refractivity contribution is 5.78. The fourth-order valence-electron chi connectivity index (χ4n) is 4.40. The van der Waals surface area contributed by atoms with Crippen LogP contribution in [0.1, 0.15) is 57.4 Å². The van der Waals surface area contributed by atoms with Gasteiger partial charge in [0.05, 0.1) is 6.61 Å². The summed E-state index contributed by atoms with van der Waals surface area (Å²) in [6, 6.07) is 7.93. The summed E-state index contributed by atoms with van der Waals surface area (Å²) in [7, 11) is 0. The lowest BCUT2D eigenvalue weighted by molar-refractivity contribution is -0.139. The molecule has 1 aromatic rings. The lowest BCUT2D eigenvalue weighted by Gasteiger charge is -2.35. The first-order valence-electron chi connectivity index (χ1n) is 10.9.